The van der Waals surface area contributed by atoms with Crippen LogP contribution in [0.5, 0.6) is 0 Å². The third-order valence-corrected chi connectivity index (χ3v) is 4.14. The number of hydrogen-bond acceptors (Lipinski definition) is 3. The smallest absolute Gasteiger partial charge is 0.309 e. The Bertz CT molecular complexity index is 249. The Kier molecular flexibility index (Phi) is 4.84. The molecule has 1 saturated carbocycles. The second kappa shape index (κ2) is 6.39. The maximum Gasteiger partial charge on any atom is 0.309 e. The van der Waals surface area contributed by atoms with E-state index >= 15 is 0 Å². The summed E-state index contributed by atoms with van der Waals surface area (Å²) in [6, 6.07) is 0.455. The first-order valence-electron chi connectivity index (χ1n) is 7.15. The second-order valence-electron chi connectivity index (χ2n) is 5.71. The van der Waals surface area contributed by atoms with Crippen LogP contribution < -0.4 is 5.32 Å². The summed E-state index contributed by atoms with van der Waals surface area (Å²) in [7, 11) is 0. The highest BCUT2D eigenvalue weighted by molar-refractivity contribution is 5.72. The maximum atomic E-state index is 11.9. The predicted molar refractivity (Wildman–Crippen MR) is 67.7 cm³/mol. The number of hydrogen-bond donors (Lipinski definition) is 1. The molecule has 0 radical (unpaired) electrons. The van der Waals surface area contributed by atoms with Gasteiger partial charge in [0.15, 0.2) is 0 Å². The SMILES string of the molecule is CC1CC(C(=O)OCC2CCCCC2)CCN1. The molecule has 0 spiro atoms. The minimum Gasteiger partial charge on any atom is -0.465 e. The van der Waals surface area contributed by atoms with Gasteiger partial charge in [-0.3, -0.25) is 4.79 Å². The minimum atomic E-state index is 0.0453. The quantitative estimate of drug-likeness (QED) is 0.769. The van der Waals surface area contributed by atoms with Gasteiger partial charge in [-0.2, -0.15) is 0 Å². The monoisotopic (exact) mass is 239 g/mol. The molecule has 1 aliphatic heterocycles. The van der Waals surface area contributed by atoms with E-state index in [0.717, 1.165) is 19.4 Å². The van der Waals surface area contributed by atoms with Crippen molar-refractivity contribution >= 4 is 5.97 Å². The number of nitrogens with one attached hydrogen (secondary N) is 1. The van der Waals surface area contributed by atoms with Crippen LogP contribution in [0.1, 0.15) is 51.9 Å². The van der Waals surface area contributed by atoms with Crippen LogP contribution in [-0.4, -0.2) is 25.2 Å². The number of rotatable bonds is 3. The molecule has 2 fully saturated rings. The molecule has 2 atom stereocenters. The summed E-state index contributed by atoms with van der Waals surface area (Å²) in [6.07, 6.45) is 8.35. The number of carbonyl (C=O) groups excluding carboxylic acids is 1. The Morgan fingerprint density at radius 2 is 2.00 bits per heavy atom. The summed E-state index contributed by atoms with van der Waals surface area (Å²) in [5, 5.41) is 3.36. The van der Waals surface area contributed by atoms with Crippen LogP contribution in [0.4, 0.5) is 0 Å². The van der Waals surface area contributed by atoms with Gasteiger partial charge in [-0.05, 0) is 45.1 Å². The van der Waals surface area contributed by atoms with Gasteiger partial charge in [-0.15, -0.1) is 0 Å². The minimum absolute atomic E-state index is 0.0453. The fourth-order valence-electron chi connectivity index (χ4n) is 3.02. The number of ether oxygens (including phenoxy) is 1. The molecule has 1 saturated heterocycles. The third-order valence-electron chi connectivity index (χ3n) is 4.14. The van der Waals surface area contributed by atoms with Gasteiger partial charge < -0.3 is 10.1 Å². The van der Waals surface area contributed by atoms with Gasteiger partial charge >= 0.3 is 5.97 Å². The van der Waals surface area contributed by atoms with Crippen LogP contribution in [0.2, 0.25) is 0 Å². The zero-order valence-corrected chi connectivity index (χ0v) is 10.9. The first-order valence-corrected chi connectivity index (χ1v) is 7.15. The maximum absolute atomic E-state index is 11.9. The lowest BCUT2D eigenvalue weighted by molar-refractivity contribution is -0.151. The molecule has 1 N–H and O–H groups in total. The standard InChI is InChI=1S/C14H25NO2/c1-11-9-13(7-8-15-11)14(16)17-10-12-5-3-2-4-6-12/h11-13,15H,2-10H2,1H3. The van der Waals surface area contributed by atoms with Gasteiger partial charge in [-0.1, -0.05) is 19.3 Å². The van der Waals surface area contributed by atoms with Crippen LogP contribution in [0, 0.1) is 11.8 Å². The summed E-state index contributed by atoms with van der Waals surface area (Å²) in [5.41, 5.74) is 0. The molecule has 98 valence electrons. The van der Waals surface area contributed by atoms with Crippen molar-refractivity contribution < 1.29 is 9.53 Å². The van der Waals surface area contributed by atoms with Crippen LogP contribution in [0.25, 0.3) is 0 Å². The third kappa shape index (κ3) is 3.98. The van der Waals surface area contributed by atoms with Crippen molar-refractivity contribution in [3.8, 4) is 0 Å². The summed E-state index contributed by atoms with van der Waals surface area (Å²) in [5.74, 6) is 0.811. The Morgan fingerprint density at radius 3 is 2.71 bits per heavy atom. The molecule has 2 unspecified atom stereocenters. The first-order chi connectivity index (χ1) is 8.25. The highest BCUT2D eigenvalue weighted by Crippen LogP contribution is 2.25. The molecular formula is C14H25NO2. The van der Waals surface area contributed by atoms with Crippen LogP contribution in [0.3, 0.4) is 0 Å². The van der Waals surface area contributed by atoms with Crippen molar-refractivity contribution in [3.05, 3.63) is 0 Å². The van der Waals surface area contributed by atoms with E-state index in [4.69, 9.17) is 4.74 Å². The van der Waals surface area contributed by atoms with Crippen LogP contribution in [0.15, 0.2) is 0 Å². The van der Waals surface area contributed by atoms with E-state index in [2.05, 4.69) is 12.2 Å². The van der Waals surface area contributed by atoms with Gasteiger partial charge in [-0.25, -0.2) is 0 Å². The van der Waals surface area contributed by atoms with Crippen LogP contribution >= 0.6 is 0 Å². The van der Waals surface area contributed by atoms with Crippen LogP contribution in [-0.2, 0) is 9.53 Å². The molecular weight excluding hydrogens is 214 g/mol. The molecule has 0 amide bonds. The molecule has 0 aromatic heterocycles. The largest absolute Gasteiger partial charge is 0.465 e. The van der Waals surface area contributed by atoms with Gasteiger partial charge in [0.05, 0.1) is 12.5 Å². The molecule has 2 aliphatic rings. The summed E-state index contributed by atoms with van der Waals surface area (Å²) >= 11 is 0. The fourth-order valence-corrected chi connectivity index (χ4v) is 3.02. The number of carbonyl (C=O) groups is 1. The summed E-state index contributed by atoms with van der Waals surface area (Å²) < 4.78 is 5.50. The molecule has 1 heterocycles. The summed E-state index contributed by atoms with van der Waals surface area (Å²) in [6.45, 7) is 3.75. The van der Waals surface area contributed by atoms with Gasteiger partial charge in [0.1, 0.15) is 0 Å². The summed E-state index contributed by atoms with van der Waals surface area (Å²) in [4.78, 5) is 11.9. The van der Waals surface area contributed by atoms with Crippen molar-refractivity contribution in [1.82, 2.24) is 5.32 Å². The number of piperidine rings is 1. The van der Waals surface area contributed by atoms with Crippen molar-refractivity contribution in [2.75, 3.05) is 13.2 Å². The Balaban J connectivity index is 1.69. The van der Waals surface area contributed by atoms with Gasteiger partial charge in [0.25, 0.3) is 0 Å². The van der Waals surface area contributed by atoms with Crippen molar-refractivity contribution in [1.29, 1.82) is 0 Å². The molecule has 3 heteroatoms. The van der Waals surface area contributed by atoms with Crippen molar-refractivity contribution in [2.45, 2.75) is 57.9 Å². The lowest BCUT2D eigenvalue weighted by Crippen LogP contribution is -2.39. The molecule has 17 heavy (non-hydrogen) atoms. The zero-order chi connectivity index (χ0) is 12.1. The molecule has 0 bridgehead atoms. The van der Waals surface area contributed by atoms with E-state index in [1.54, 1.807) is 0 Å². The lowest BCUT2D eigenvalue weighted by atomic mass is 9.90. The second-order valence-corrected chi connectivity index (χ2v) is 5.71. The molecule has 2 rings (SSSR count). The topological polar surface area (TPSA) is 38.3 Å². The first kappa shape index (κ1) is 12.9. The normalized spacial score (nSPS) is 31.1. The molecule has 1 aliphatic carbocycles. The molecule has 0 aromatic rings. The van der Waals surface area contributed by atoms with E-state index < -0.39 is 0 Å². The number of esters is 1. The Labute approximate surface area is 104 Å². The predicted octanol–water partition coefficient (Wildman–Crippen LogP) is 2.50. The lowest BCUT2D eigenvalue weighted by Gasteiger charge is -2.27. The van der Waals surface area contributed by atoms with Crippen molar-refractivity contribution in [2.24, 2.45) is 11.8 Å². The van der Waals surface area contributed by atoms with E-state index in [9.17, 15) is 4.79 Å². The Morgan fingerprint density at radius 1 is 1.24 bits per heavy atom. The average Bonchev–Trinajstić information content (AvgIpc) is 2.37. The Hall–Kier alpha value is -0.570. The molecule has 0 aromatic carbocycles. The van der Waals surface area contributed by atoms with Gasteiger partial charge in [0.2, 0.25) is 0 Å². The van der Waals surface area contributed by atoms with Crippen molar-refractivity contribution in [3.63, 3.8) is 0 Å². The highest BCUT2D eigenvalue weighted by Gasteiger charge is 2.26. The molecule has 3 nitrogen and oxygen atoms in total. The fraction of sp³-hybridized carbons (Fsp3) is 0.929. The van der Waals surface area contributed by atoms with E-state index in [1.807, 2.05) is 0 Å². The van der Waals surface area contributed by atoms with E-state index in [-0.39, 0.29) is 11.9 Å². The van der Waals surface area contributed by atoms with E-state index in [1.165, 1.54) is 32.1 Å². The van der Waals surface area contributed by atoms with E-state index in [0.29, 0.717) is 18.6 Å². The average molecular weight is 239 g/mol. The zero-order valence-electron chi connectivity index (χ0n) is 10.9. The van der Waals surface area contributed by atoms with Gasteiger partial charge in [0, 0.05) is 6.04 Å². The highest BCUT2D eigenvalue weighted by atomic mass is 16.5.